The first kappa shape index (κ1) is 14.3. The minimum absolute atomic E-state index is 0.157. The van der Waals surface area contributed by atoms with Gasteiger partial charge in [0.15, 0.2) is 5.75 Å². The van der Waals surface area contributed by atoms with E-state index in [9.17, 15) is 14.9 Å². The molecule has 0 aromatic heterocycles. The molecule has 1 rings (SSSR count). The molecule has 18 heavy (non-hydrogen) atoms. The van der Waals surface area contributed by atoms with Gasteiger partial charge in [0, 0.05) is 0 Å². The van der Waals surface area contributed by atoms with E-state index in [1.807, 2.05) is 0 Å². The Morgan fingerprint density at radius 1 is 1.61 bits per heavy atom. The Morgan fingerprint density at radius 3 is 2.78 bits per heavy atom. The van der Waals surface area contributed by atoms with Crippen LogP contribution in [-0.2, 0) is 4.79 Å². The van der Waals surface area contributed by atoms with E-state index in [-0.39, 0.29) is 11.4 Å². The average Bonchev–Trinajstić information content (AvgIpc) is 2.29. The monoisotopic (exact) mass is 271 g/mol. The molecule has 1 N–H and O–H groups in total. The Bertz CT molecular complexity index is 463. The number of nitrogens with zero attached hydrogens (tertiary/aromatic N) is 1. The van der Waals surface area contributed by atoms with Crippen LogP contribution in [0.1, 0.15) is 13.8 Å². The second-order valence-electron chi connectivity index (χ2n) is 3.39. The second-order valence-corrected chi connectivity index (χ2v) is 4.77. The van der Waals surface area contributed by atoms with Crippen LogP contribution in [0.5, 0.6) is 5.75 Å². The molecular formula is C11H13NO5S. The summed E-state index contributed by atoms with van der Waals surface area (Å²) in [5.41, 5.74) is -0.183. The fourth-order valence-electron chi connectivity index (χ4n) is 1.29. The number of rotatable bonds is 6. The van der Waals surface area contributed by atoms with Crippen molar-refractivity contribution in [1.82, 2.24) is 0 Å². The van der Waals surface area contributed by atoms with E-state index >= 15 is 0 Å². The first-order valence-corrected chi connectivity index (χ1v) is 6.15. The normalized spacial score (nSPS) is 11.9. The zero-order chi connectivity index (χ0) is 13.7. The van der Waals surface area contributed by atoms with Crippen molar-refractivity contribution in [2.75, 3.05) is 6.61 Å². The molecule has 0 aliphatic heterocycles. The van der Waals surface area contributed by atoms with Crippen LogP contribution in [-0.4, -0.2) is 27.9 Å². The number of ether oxygens (including phenoxy) is 1. The van der Waals surface area contributed by atoms with Gasteiger partial charge in [-0.3, -0.25) is 14.9 Å². The number of para-hydroxylation sites is 1. The van der Waals surface area contributed by atoms with Crippen molar-refractivity contribution in [3.8, 4) is 5.75 Å². The van der Waals surface area contributed by atoms with Gasteiger partial charge >= 0.3 is 11.7 Å². The molecule has 0 saturated heterocycles. The lowest BCUT2D eigenvalue weighted by atomic mass is 10.3. The quantitative estimate of drug-likeness (QED) is 0.486. The number of benzene rings is 1. The maximum Gasteiger partial charge on any atom is 0.324 e. The number of nitro benzene ring substituents is 1. The third-order valence-corrected chi connectivity index (χ3v) is 3.23. The number of hydrogen-bond acceptors (Lipinski definition) is 5. The van der Waals surface area contributed by atoms with Gasteiger partial charge in [0.2, 0.25) is 0 Å². The predicted octanol–water partition coefficient (Wildman–Crippen LogP) is 2.56. The first-order chi connectivity index (χ1) is 8.47. The predicted molar refractivity (Wildman–Crippen MR) is 67.2 cm³/mol. The molecule has 0 fully saturated rings. The van der Waals surface area contributed by atoms with Crippen molar-refractivity contribution in [1.29, 1.82) is 0 Å². The SMILES string of the molecule is CCOc1cccc(SC(C)C(=O)O)c1[N+](=O)[O-]. The molecule has 1 unspecified atom stereocenters. The van der Waals surface area contributed by atoms with Crippen molar-refractivity contribution in [3.05, 3.63) is 28.3 Å². The summed E-state index contributed by atoms with van der Waals surface area (Å²) in [6.45, 7) is 3.51. The van der Waals surface area contributed by atoms with Crippen LogP contribution < -0.4 is 4.74 Å². The number of carboxylic acids is 1. The molecule has 0 aliphatic rings. The molecule has 0 aliphatic carbocycles. The third kappa shape index (κ3) is 3.36. The van der Waals surface area contributed by atoms with Gasteiger partial charge in [0.1, 0.15) is 5.25 Å². The smallest absolute Gasteiger partial charge is 0.324 e. The molecule has 0 amide bonds. The van der Waals surface area contributed by atoms with Crippen LogP contribution >= 0.6 is 11.8 Å². The second kappa shape index (κ2) is 6.25. The number of carbonyl (C=O) groups is 1. The number of nitro groups is 1. The van der Waals surface area contributed by atoms with Crippen LogP contribution in [0.3, 0.4) is 0 Å². The van der Waals surface area contributed by atoms with E-state index in [4.69, 9.17) is 9.84 Å². The van der Waals surface area contributed by atoms with Crippen LogP contribution in [0.15, 0.2) is 23.1 Å². The van der Waals surface area contributed by atoms with Crippen LogP contribution in [0.25, 0.3) is 0 Å². The van der Waals surface area contributed by atoms with Gasteiger partial charge in [-0.2, -0.15) is 0 Å². The van der Waals surface area contributed by atoms with E-state index < -0.39 is 16.1 Å². The van der Waals surface area contributed by atoms with E-state index in [1.165, 1.54) is 19.1 Å². The summed E-state index contributed by atoms with van der Waals surface area (Å²) in [6, 6.07) is 4.62. The lowest BCUT2D eigenvalue weighted by molar-refractivity contribution is -0.388. The Balaban J connectivity index is 3.14. The largest absolute Gasteiger partial charge is 0.487 e. The molecule has 1 aromatic carbocycles. The lowest BCUT2D eigenvalue weighted by Gasteiger charge is -2.09. The lowest BCUT2D eigenvalue weighted by Crippen LogP contribution is -2.11. The number of thioether (sulfide) groups is 1. The molecule has 0 radical (unpaired) electrons. The topological polar surface area (TPSA) is 89.7 Å². The number of aliphatic carboxylic acids is 1. The van der Waals surface area contributed by atoms with Crippen molar-refractivity contribution in [2.24, 2.45) is 0 Å². The fraction of sp³-hybridized carbons (Fsp3) is 0.364. The van der Waals surface area contributed by atoms with Crippen molar-refractivity contribution in [2.45, 2.75) is 24.0 Å². The van der Waals surface area contributed by atoms with Crippen LogP contribution in [0.2, 0.25) is 0 Å². The summed E-state index contributed by atoms with van der Waals surface area (Å²) in [6.07, 6.45) is 0. The van der Waals surface area contributed by atoms with Crippen molar-refractivity contribution < 1.29 is 19.6 Å². The zero-order valence-corrected chi connectivity index (χ0v) is 10.8. The van der Waals surface area contributed by atoms with E-state index in [0.717, 1.165) is 11.8 Å². The zero-order valence-electron chi connectivity index (χ0n) is 9.95. The highest BCUT2D eigenvalue weighted by Gasteiger charge is 2.24. The molecule has 1 atom stereocenters. The van der Waals surface area contributed by atoms with Gasteiger partial charge in [-0.05, 0) is 26.0 Å². The van der Waals surface area contributed by atoms with Crippen molar-refractivity contribution in [3.63, 3.8) is 0 Å². The van der Waals surface area contributed by atoms with Gasteiger partial charge in [-0.15, -0.1) is 11.8 Å². The number of hydrogen-bond donors (Lipinski definition) is 1. The summed E-state index contributed by atoms with van der Waals surface area (Å²) in [5.74, 6) is -0.860. The molecule has 6 nitrogen and oxygen atoms in total. The van der Waals surface area contributed by atoms with Gasteiger partial charge in [-0.25, -0.2) is 0 Å². The van der Waals surface area contributed by atoms with E-state index in [2.05, 4.69) is 0 Å². The molecule has 0 heterocycles. The molecule has 0 bridgehead atoms. The summed E-state index contributed by atoms with van der Waals surface area (Å²) < 4.78 is 5.18. The first-order valence-electron chi connectivity index (χ1n) is 5.27. The summed E-state index contributed by atoms with van der Waals surface area (Å²) in [4.78, 5) is 21.5. The van der Waals surface area contributed by atoms with Gasteiger partial charge in [0.25, 0.3) is 0 Å². The van der Waals surface area contributed by atoms with E-state index in [1.54, 1.807) is 13.0 Å². The molecule has 7 heteroatoms. The minimum Gasteiger partial charge on any atom is -0.487 e. The van der Waals surface area contributed by atoms with Crippen LogP contribution in [0, 0.1) is 10.1 Å². The van der Waals surface area contributed by atoms with Crippen molar-refractivity contribution >= 4 is 23.4 Å². The molecular weight excluding hydrogens is 258 g/mol. The highest BCUT2D eigenvalue weighted by atomic mass is 32.2. The van der Waals surface area contributed by atoms with E-state index in [0.29, 0.717) is 11.5 Å². The Hall–Kier alpha value is -1.76. The standard InChI is InChI=1S/C11H13NO5S/c1-3-17-8-5-4-6-9(10(8)12(15)16)18-7(2)11(13)14/h4-7H,3H2,1-2H3,(H,13,14). The minimum atomic E-state index is -1.02. The Morgan fingerprint density at radius 2 is 2.28 bits per heavy atom. The maximum atomic E-state index is 11.0. The van der Waals surface area contributed by atoms with Gasteiger partial charge in [0.05, 0.1) is 16.4 Å². The number of carboxylic acid groups (broad SMARTS) is 1. The fourth-order valence-corrected chi connectivity index (χ4v) is 2.22. The highest BCUT2D eigenvalue weighted by Crippen LogP contribution is 2.38. The average molecular weight is 271 g/mol. The molecule has 98 valence electrons. The Kier molecular flexibility index (Phi) is 4.96. The maximum absolute atomic E-state index is 11.0. The summed E-state index contributed by atoms with van der Waals surface area (Å²) in [5, 5.41) is 19.1. The molecule has 1 aromatic rings. The van der Waals surface area contributed by atoms with Crippen LogP contribution in [0.4, 0.5) is 5.69 Å². The molecule has 0 saturated carbocycles. The molecule has 0 spiro atoms. The third-order valence-electron chi connectivity index (χ3n) is 2.10. The summed E-state index contributed by atoms with van der Waals surface area (Å²) in [7, 11) is 0. The Labute approximate surface area is 108 Å². The highest BCUT2D eigenvalue weighted by molar-refractivity contribution is 8.00. The van der Waals surface area contributed by atoms with Gasteiger partial charge < -0.3 is 9.84 Å². The van der Waals surface area contributed by atoms with Gasteiger partial charge in [-0.1, -0.05) is 6.07 Å². The summed E-state index contributed by atoms with van der Waals surface area (Å²) >= 11 is 0.925.